The number of nitrogens with one attached hydrogen (secondary N) is 2. The third-order valence-corrected chi connectivity index (χ3v) is 7.78. The molecule has 1 saturated heterocycles. The van der Waals surface area contributed by atoms with Crippen LogP contribution in [-0.4, -0.2) is 56.2 Å². The van der Waals surface area contributed by atoms with Gasteiger partial charge in [0, 0.05) is 43.6 Å². The van der Waals surface area contributed by atoms with Crippen LogP contribution in [0.25, 0.3) is 0 Å². The van der Waals surface area contributed by atoms with Gasteiger partial charge in [-0.3, -0.25) is 9.62 Å². The number of hydrogen-bond donors (Lipinski definition) is 2. The van der Waals surface area contributed by atoms with Gasteiger partial charge >= 0.3 is 12.2 Å². The molecule has 3 aromatic carbocycles. The molecule has 44 heavy (non-hydrogen) atoms. The smallest absolute Gasteiger partial charge is 0.416 e. The third kappa shape index (κ3) is 10.6. The van der Waals surface area contributed by atoms with Crippen LogP contribution in [0.5, 0.6) is 11.5 Å². The van der Waals surface area contributed by atoms with E-state index in [-0.39, 0.29) is 30.2 Å². The number of sulfonamides is 1. The monoisotopic (exact) mass is 654 g/mol. The molecule has 2 amide bonds. The van der Waals surface area contributed by atoms with Crippen molar-refractivity contribution in [2.75, 3.05) is 35.9 Å². The molecular formula is C31H38ClF3N4O4S. The van der Waals surface area contributed by atoms with Crippen LogP contribution in [-0.2, 0) is 22.7 Å². The number of nitrogens with zero attached hydrogens (tertiary/aromatic N) is 2. The Kier molecular flexibility index (Phi) is 12.3. The summed E-state index contributed by atoms with van der Waals surface area (Å²) >= 11 is 0. The number of anilines is 2. The number of rotatable bonds is 11. The lowest BCUT2D eigenvalue weighted by Gasteiger charge is -2.38. The summed E-state index contributed by atoms with van der Waals surface area (Å²) in [6.07, 6.45) is -0.133. The van der Waals surface area contributed by atoms with Gasteiger partial charge in [0.1, 0.15) is 11.5 Å². The van der Waals surface area contributed by atoms with Crippen LogP contribution in [0.15, 0.2) is 72.8 Å². The minimum atomic E-state index is -4.48. The van der Waals surface area contributed by atoms with Gasteiger partial charge in [0.2, 0.25) is 10.0 Å². The molecule has 0 bridgehead atoms. The van der Waals surface area contributed by atoms with Gasteiger partial charge in [-0.1, -0.05) is 31.5 Å². The van der Waals surface area contributed by atoms with Crippen LogP contribution >= 0.6 is 12.4 Å². The van der Waals surface area contributed by atoms with Crippen molar-refractivity contribution in [2.24, 2.45) is 0 Å². The number of hydrogen-bond acceptors (Lipinski definition) is 5. The maximum Gasteiger partial charge on any atom is 0.416 e. The second-order valence-corrected chi connectivity index (χ2v) is 12.5. The van der Waals surface area contributed by atoms with Gasteiger partial charge in [-0.2, -0.15) is 13.2 Å². The molecule has 0 saturated carbocycles. The first-order chi connectivity index (χ1) is 20.4. The van der Waals surface area contributed by atoms with E-state index in [1.165, 1.54) is 12.1 Å². The lowest BCUT2D eigenvalue weighted by molar-refractivity contribution is -0.137. The fourth-order valence-corrected chi connectivity index (χ4v) is 5.56. The average molecular weight is 655 g/mol. The summed E-state index contributed by atoms with van der Waals surface area (Å²) in [6.45, 7) is 4.90. The molecule has 3 aromatic rings. The number of alkyl halides is 3. The topological polar surface area (TPSA) is 91.0 Å². The molecule has 1 aliphatic heterocycles. The Labute approximate surface area is 263 Å². The number of halogens is 4. The molecule has 0 unspecified atom stereocenters. The molecular weight excluding hydrogens is 617 g/mol. The minimum Gasteiger partial charge on any atom is -0.457 e. The van der Waals surface area contributed by atoms with Gasteiger partial charge in [-0.25, -0.2) is 13.2 Å². The molecule has 2 N–H and O–H groups in total. The van der Waals surface area contributed by atoms with E-state index < -0.39 is 21.8 Å². The van der Waals surface area contributed by atoms with E-state index >= 15 is 0 Å². The molecule has 0 atom stereocenters. The Balaban J connectivity index is 0.00000529. The number of unbranched alkanes of at least 4 members (excludes halogenated alkanes) is 1. The van der Waals surface area contributed by atoms with Gasteiger partial charge < -0.3 is 15.0 Å². The van der Waals surface area contributed by atoms with Crippen LogP contribution in [0.4, 0.5) is 29.3 Å². The molecule has 1 aliphatic rings. The molecule has 8 nitrogen and oxygen atoms in total. The molecule has 0 aliphatic carbocycles. The first kappa shape index (κ1) is 35.0. The van der Waals surface area contributed by atoms with Gasteiger partial charge in [0.05, 0.1) is 11.8 Å². The highest BCUT2D eigenvalue weighted by Crippen LogP contribution is 2.31. The summed E-state index contributed by atoms with van der Waals surface area (Å²) < 4.78 is 70.4. The van der Waals surface area contributed by atoms with Crippen molar-refractivity contribution in [3.05, 3.63) is 83.9 Å². The quantitative estimate of drug-likeness (QED) is 0.222. The summed E-state index contributed by atoms with van der Waals surface area (Å²) in [5.41, 5.74) is 0.908. The number of likely N-dealkylation sites (tertiary alicyclic amines) is 1. The van der Waals surface area contributed by atoms with Crippen molar-refractivity contribution in [3.63, 3.8) is 0 Å². The number of amides is 2. The molecule has 0 spiro atoms. The molecule has 13 heteroatoms. The normalized spacial score (nSPS) is 14.4. The van der Waals surface area contributed by atoms with Gasteiger partial charge in [0.25, 0.3) is 0 Å². The SMILES string of the molecule is CCCCN(C(=O)Nc1cccc(C(F)(F)F)c1)C1CCN(Cc2ccc(Oc3ccc(NS(C)(=O)=O)cc3)cc2)CC1.Cl. The van der Waals surface area contributed by atoms with Crippen LogP contribution < -0.4 is 14.8 Å². The summed E-state index contributed by atoms with van der Waals surface area (Å²) in [5, 5.41) is 2.68. The molecule has 0 radical (unpaired) electrons. The number of piperidine rings is 1. The van der Waals surface area contributed by atoms with E-state index in [9.17, 15) is 26.4 Å². The standard InChI is InChI=1S/C31H37F3N4O4S.ClH/c1-3-4-18-38(30(39)35-26-7-5-6-24(21-26)31(32,33)34)27-16-19-37(20-17-27)22-23-8-12-28(13-9-23)42-29-14-10-25(11-15-29)36-43(2,40)41;/h5-15,21,27,36H,3-4,16-20,22H2,1-2H3,(H,35,39);1H. The Morgan fingerprint density at radius 2 is 1.59 bits per heavy atom. The van der Waals surface area contributed by atoms with E-state index in [1.54, 1.807) is 29.2 Å². The van der Waals surface area contributed by atoms with Crippen LogP contribution in [0.2, 0.25) is 0 Å². The van der Waals surface area contributed by atoms with Crippen LogP contribution in [0.1, 0.15) is 43.7 Å². The summed E-state index contributed by atoms with van der Waals surface area (Å²) in [4.78, 5) is 17.3. The zero-order valence-electron chi connectivity index (χ0n) is 24.6. The Bertz CT molecular complexity index is 1460. The summed E-state index contributed by atoms with van der Waals surface area (Å²) in [6, 6.07) is 18.8. The second kappa shape index (κ2) is 15.5. The van der Waals surface area contributed by atoms with Gasteiger partial charge in [-0.15, -0.1) is 12.4 Å². The van der Waals surface area contributed by atoms with E-state index in [4.69, 9.17) is 4.74 Å². The zero-order chi connectivity index (χ0) is 31.0. The Morgan fingerprint density at radius 1 is 0.977 bits per heavy atom. The number of ether oxygens (including phenoxy) is 1. The number of carbonyl (C=O) groups is 1. The van der Waals surface area contributed by atoms with Crippen molar-refractivity contribution in [1.82, 2.24) is 9.80 Å². The molecule has 4 rings (SSSR count). The first-order valence-corrected chi connectivity index (χ1v) is 16.1. The third-order valence-electron chi connectivity index (χ3n) is 7.18. The maximum atomic E-state index is 13.2. The van der Waals surface area contributed by atoms with E-state index in [1.807, 2.05) is 31.2 Å². The summed E-state index contributed by atoms with van der Waals surface area (Å²) in [7, 11) is -3.34. The highest BCUT2D eigenvalue weighted by atomic mass is 35.5. The highest BCUT2D eigenvalue weighted by Gasteiger charge is 2.31. The fourth-order valence-electron chi connectivity index (χ4n) is 5.00. The molecule has 1 heterocycles. The zero-order valence-corrected chi connectivity index (χ0v) is 26.3. The fraction of sp³-hybridized carbons (Fsp3) is 0.387. The van der Waals surface area contributed by atoms with Crippen molar-refractivity contribution < 1.29 is 31.1 Å². The number of carbonyl (C=O) groups excluding carboxylic acids is 1. The highest BCUT2D eigenvalue weighted by molar-refractivity contribution is 7.92. The largest absolute Gasteiger partial charge is 0.457 e. The minimum absolute atomic E-state index is 0. The second-order valence-electron chi connectivity index (χ2n) is 10.7. The Morgan fingerprint density at radius 3 is 2.16 bits per heavy atom. The molecule has 0 aromatic heterocycles. The van der Waals surface area contributed by atoms with E-state index in [0.29, 0.717) is 23.7 Å². The van der Waals surface area contributed by atoms with Crippen molar-refractivity contribution in [2.45, 2.75) is 51.4 Å². The van der Waals surface area contributed by atoms with Crippen LogP contribution in [0.3, 0.4) is 0 Å². The number of benzene rings is 3. The molecule has 1 fully saturated rings. The molecule has 240 valence electrons. The lowest BCUT2D eigenvalue weighted by atomic mass is 10.0. The van der Waals surface area contributed by atoms with Gasteiger partial charge in [-0.05, 0) is 79.4 Å². The van der Waals surface area contributed by atoms with Crippen LogP contribution in [0, 0.1) is 0 Å². The Hall–Kier alpha value is -3.48. The van der Waals surface area contributed by atoms with E-state index in [2.05, 4.69) is 14.9 Å². The van der Waals surface area contributed by atoms with Crippen molar-refractivity contribution >= 4 is 39.8 Å². The maximum absolute atomic E-state index is 13.2. The van der Waals surface area contributed by atoms with Crippen molar-refractivity contribution in [3.8, 4) is 11.5 Å². The first-order valence-electron chi connectivity index (χ1n) is 14.2. The van der Waals surface area contributed by atoms with E-state index in [0.717, 1.165) is 69.3 Å². The summed E-state index contributed by atoms with van der Waals surface area (Å²) in [5.74, 6) is 1.24. The predicted molar refractivity (Wildman–Crippen MR) is 169 cm³/mol. The number of urea groups is 1. The van der Waals surface area contributed by atoms with Gasteiger partial charge in [0.15, 0.2) is 0 Å². The predicted octanol–water partition coefficient (Wildman–Crippen LogP) is 7.59. The average Bonchev–Trinajstić information content (AvgIpc) is 2.95. The lowest BCUT2D eigenvalue weighted by Crippen LogP contribution is -2.49. The van der Waals surface area contributed by atoms with Crippen molar-refractivity contribution in [1.29, 1.82) is 0 Å².